The summed E-state index contributed by atoms with van der Waals surface area (Å²) < 4.78 is 19.5. The van der Waals surface area contributed by atoms with Crippen LogP contribution in [0.15, 0.2) is 46.9 Å². The van der Waals surface area contributed by atoms with Crippen LogP contribution in [0.5, 0.6) is 5.75 Å². The number of carbonyl (C=O) groups excluding carboxylic acids is 2. The number of hydrogen-bond donors (Lipinski definition) is 1. The van der Waals surface area contributed by atoms with Crippen molar-refractivity contribution >= 4 is 33.8 Å². The molecule has 0 fully saturated rings. The van der Waals surface area contributed by atoms with Gasteiger partial charge in [-0.2, -0.15) is 0 Å². The zero-order valence-corrected chi connectivity index (χ0v) is 12.4. The summed E-state index contributed by atoms with van der Waals surface area (Å²) in [6.07, 6.45) is 0.535. The molecule has 0 spiro atoms. The van der Waals surface area contributed by atoms with Gasteiger partial charge in [-0.05, 0) is 42.5 Å². The highest BCUT2D eigenvalue weighted by atomic mass is 79.9. The summed E-state index contributed by atoms with van der Waals surface area (Å²) in [6, 6.07) is 10.8. The molecule has 0 aliphatic carbocycles. The van der Waals surface area contributed by atoms with Gasteiger partial charge in [0.1, 0.15) is 6.29 Å². The molecule has 108 valence electrons. The lowest BCUT2D eigenvalue weighted by atomic mass is 10.2. The molecule has 21 heavy (non-hydrogen) atoms. The Labute approximate surface area is 129 Å². The van der Waals surface area contributed by atoms with E-state index >= 15 is 0 Å². The van der Waals surface area contributed by atoms with Crippen LogP contribution in [-0.4, -0.2) is 18.8 Å². The first-order valence-electron chi connectivity index (χ1n) is 6.01. The fraction of sp³-hybridized carbons (Fsp3) is 0.0667. The topological polar surface area (TPSA) is 55.4 Å². The van der Waals surface area contributed by atoms with E-state index in [0.29, 0.717) is 12.0 Å². The number of aldehydes is 1. The molecule has 4 nitrogen and oxygen atoms in total. The molecule has 2 aromatic carbocycles. The maximum atomic E-state index is 13.5. The molecule has 0 saturated carbocycles. The number of benzene rings is 2. The van der Waals surface area contributed by atoms with Gasteiger partial charge in [-0.15, -0.1) is 0 Å². The molecule has 6 heteroatoms. The van der Waals surface area contributed by atoms with Crippen LogP contribution in [0, 0.1) is 5.82 Å². The second-order valence-corrected chi connectivity index (χ2v) is 5.07. The van der Waals surface area contributed by atoms with E-state index < -0.39 is 11.7 Å². The fourth-order valence-electron chi connectivity index (χ4n) is 1.58. The lowest BCUT2D eigenvalue weighted by Gasteiger charge is -2.08. The van der Waals surface area contributed by atoms with Gasteiger partial charge in [0.05, 0.1) is 0 Å². The van der Waals surface area contributed by atoms with E-state index in [0.717, 1.165) is 10.5 Å². The summed E-state index contributed by atoms with van der Waals surface area (Å²) in [5.41, 5.74) is 0.822. The minimum atomic E-state index is -0.684. The first-order chi connectivity index (χ1) is 10.1. The van der Waals surface area contributed by atoms with Crippen molar-refractivity contribution in [1.82, 2.24) is 0 Å². The third kappa shape index (κ3) is 4.39. The SMILES string of the molecule is O=Cc1ccc(OCC(=O)Nc2ccc(Br)cc2)c(F)c1. The summed E-state index contributed by atoms with van der Waals surface area (Å²) in [6.45, 7) is -0.326. The highest BCUT2D eigenvalue weighted by Gasteiger charge is 2.08. The van der Waals surface area contributed by atoms with Crippen molar-refractivity contribution in [1.29, 1.82) is 0 Å². The molecule has 1 N–H and O–H groups in total. The number of anilines is 1. The largest absolute Gasteiger partial charge is 0.481 e. The van der Waals surface area contributed by atoms with Crippen molar-refractivity contribution in [2.75, 3.05) is 11.9 Å². The second kappa shape index (κ2) is 6.99. The molecule has 0 atom stereocenters. The number of nitrogens with one attached hydrogen (secondary N) is 1. The summed E-state index contributed by atoms with van der Waals surface area (Å²) in [5, 5.41) is 2.62. The molecule has 1 amide bonds. The maximum absolute atomic E-state index is 13.5. The van der Waals surface area contributed by atoms with E-state index in [-0.39, 0.29) is 17.9 Å². The quantitative estimate of drug-likeness (QED) is 0.839. The van der Waals surface area contributed by atoms with Crippen molar-refractivity contribution in [2.45, 2.75) is 0 Å². The molecular weight excluding hydrogens is 341 g/mol. The van der Waals surface area contributed by atoms with E-state index in [2.05, 4.69) is 21.2 Å². The Morgan fingerprint density at radius 1 is 1.24 bits per heavy atom. The minimum Gasteiger partial charge on any atom is -0.481 e. The Hall–Kier alpha value is -2.21. The molecular formula is C15H11BrFNO3. The van der Waals surface area contributed by atoms with Crippen molar-refractivity contribution < 1.29 is 18.7 Å². The van der Waals surface area contributed by atoms with Crippen LogP contribution in [0.2, 0.25) is 0 Å². The Balaban J connectivity index is 1.92. The lowest BCUT2D eigenvalue weighted by Crippen LogP contribution is -2.20. The number of amides is 1. The summed E-state index contributed by atoms with van der Waals surface area (Å²) in [5.74, 6) is -1.17. The van der Waals surface area contributed by atoms with Gasteiger partial charge in [0.2, 0.25) is 0 Å². The smallest absolute Gasteiger partial charge is 0.262 e. The summed E-state index contributed by atoms with van der Waals surface area (Å²) >= 11 is 3.29. The molecule has 0 aromatic heterocycles. The van der Waals surface area contributed by atoms with Crippen LogP contribution < -0.4 is 10.1 Å². The predicted octanol–water partition coefficient (Wildman–Crippen LogP) is 3.42. The van der Waals surface area contributed by atoms with Gasteiger partial charge in [0.25, 0.3) is 5.91 Å². The Bertz CT molecular complexity index is 658. The van der Waals surface area contributed by atoms with Gasteiger partial charge in [-0.1, -0.05) is 15.9 Å². The van der Waals surface area contributed by atoms with Crippen molar-refractivity contribution in [3.05, 3.63) is 58.3 Å². The molecule has 0 radical (unpaired) electrons. The van der Waals surface area contributed by atoms with E-state index in [4.69, 9.17) is 4.74 Å². The molecule has 0 saturated heterocycles. The molecule has 0 aliphatic heterocycles. The van der Waals surface area contributed by atoms with Gasteiger partial charge in [-0.3, -0.25) is 9.59 Å². The van der Waals surface area contributed by atoms with Crippen LogP contribution in [0.25, 0.3) is 0 Å². The molecule has 0 unspecified atom stereocenters. The number of ether oxygens (including phenoxy) is 1. The standard InChI is InChI=1S/C15H11BrFNO3/c16-11-2-4-12(5-3-11)18-15(20)9-21-14-6-1-10(8-19)7-13(14)17/h1-8H,9H2,(H,18,20). The van der Waals surface area contributed by atoms with Crippen LogP contribution in [0.1, 0.15) is 10.4 Å². The van der Waals surface area contributed by atoms with Gasteiger partial charge < -0.3 is 10.1 Å². The molecule has 2 aromatic rings. The highest BCUT2D eigenvalue weighted by molar-refractivity contribution is 9.10. The molecule has 0 bridgehead atoms. The summed E-state index contributed by atoms with van der Waals surface area (Å²) in [7, 11) is 0. The number of hydrogen-bond acceptors (Lipinski definition) is 3. The molecule has 0 aliphatic rings. The van der Waals surface area contributed by atoms with Crippen LogP contribution >= 0.6 is 15.9 Å². The van der Waals surface area contributed by atoms with Gasteiger partial charge in [0, 0.05) is 15.7 Å². The first kappa shape index (κ1) is 15.2. The zero-order chi connectivity index (χ0) is 15.2. The highest BCUT2D eigenvalue weighted by Crippen LogP contribution is 2.18. The average molecular weight is 352 g/mol. The molecule has 0 heterocycles. The van der Waals surface area contributed by atoms with E-state index in [1.54, 1.807) is 24.3 Å². The third-order valence-corrected chi connectivity index (χ3v) is 3.11. The monoisotopic (exact) mass is 351 g/mol. The number of carbonyl (C=O) groups is 2. The fourth-order valence-corrected chi connectivity index (χ4v) is 1.85. The summed E-state index contributed by atoms with van der Waals surface area (Å²) in [4.78, 5) is 22.2. The van der Waals surface area contributed by atoms with Crippen LogP contribution in [-0.2, 0) is 4.79 Å². The van der Waals surface area contributed by atoms with Crippen LogP contribution in [0.4, 0.5) is 10.1 Å². The van der Waals surface area contributed by atoms with E-state index in [9.17, 15) is 14.0 Å². The van der Waals surface area contributed by atoms with E-state index in [1.807, 2.05) is 0 Å². The van der Waals surface area contributed by atoms with Crippen molar-refractivity contribution in [3.8, 4) is 5.75 Å². The average Bonchev–Trinajstić information content (AvgIpc) is 2.48. The number of halogens is 2. The lowest BCUT2D eigenvalue weighted by molar-refractivity contribution is -0.118. The predicted molar refractivity (Wildman–Crippen MR) is 80.1 cm³/mol. The number of rotatable bonds is 5. The van der Waals surface area contributed by atoms with Gasteiger partial charge in [-0.25, -0.2) is 4.39 Å². The maximum Gasteiger partial charge on any atom is 0.262 e. The Morgan fingerprint density at radius 2 is 1.95 bits per heavy atom. The Morgan fingerprint density at radius 3 is 2.57 bits per heavy atom. The van der Waals surface area contributed by atoms with Gasteiger partial charge >= 0.3 is 0 Å². The second-order valence-electron chi connectivity index (χ2n) is 4.15. The zero-order valence-electron chi connectivity index (χ0n) is 10.8. The third-order valence-electron chi connectivity index (χ3n) is 2.58. The normalized spacial score (nSPS) is 10.0. The molecule has 2 rings (SSSR count). The van der Waals surface area contributed by atoms with Crippen molar-refractivity contribution in [3.63, 3.8) is 0 Å². The first-order valence-corrected chi connectivity index (χ1v) is 6.81. The van der Waals surface area contributed by atoms with E-state index in [1.165, 1.54) is 12.1 Å². The van der Waals surface area contributed by atoms with Crippen LogP contribution in [0.3, 0.4) is 0 Å². The van der Waals surface area contributed by atoms with Crippen molar-refractivity contribution in [2.24, 2.45) is 0 Å². The minimum absolute atomic E-state index is 0.0773. The van der Waals surface area contributed by atoms with Gasteiger partial charge in [0.15, 0.2) is 18.2 Å². The Kier molecular flexibility index (Phi) is 5.05.